The molecule has 3 N–H and O–H groups in total. The van der Waals surface area contributed by atoms with Crippen molar-refractivity contribution in [3.63, 3.8) is 0 Å². The molecule has 100 valence electrons. The van der Waals surface area contributed by atoms with Gasteiger partial charge < -0.3 is 11.1 Å². The summed E-state index contributed by atoms with van der Waals surface area (Å²) in [6.45, 7) is 3.90. The third-order valence-electron chi connectivity index (χ3n) is 3.02. The lowest BCUT2D eigenvalue weighted by Crippen LogP contribution is -2.16. The number of nitrogens with zero attached hydrogens (tertiary/aromatic N) is 2. The molecule has 0 saturated heterocycles. The number of nitrogens with two attached hydrogens (primary N) is 1. The lowest BCUT2D eigenvalue weighted by atomic mass is 10.1. The van der Waals surface area contributed by atoms with Crippen molar-refractivity contribution in [2.45, 2.75) is 20.3 Å². The fraction of sp³-hybridized carbons (Fsp3) is 0.286. The summed E-state index contributed by atoms with van der Waals surface area (Å²) in [5.41, 5.74) is 9.72. The maximum Gasteiger partial charge on any atom is 0.273 e. The number of amides is 1. The lowest BCUT2D eigenvalue weighted by molar-refractivity contribution is 0.101. The van der Waals surface area contributed by atoms with Crippen LogP contribution in [-0.2, 0) is 13.5 Å². The number of benzene rings is 1. The Hall–Kier alpha value is -2.30. The first-order chi connectivity index (χ1) is 9.01. The number of nitrogen functional groups attached to an aromatic ring is 1. The molecule has 0 aliphatic rings. The first kappa shape index (κ1) is 13.1. The quantitative estimate of drug-likeness (QED) is 0.828. The number of aryl methyl sites for hydroxylation is 3. The Morgan fingerprint density at radius 3 is 2.68 bits per heavy atom. The Labute approximate surface area is 112 Å². The molecular weight excluding hydrogens is 240 g/mol. The fourth-order valence-electron chi connectivity index (χ4n) is 2.01. The molecule has 5 heteroatoms. The largest absolute Gasteiger partial charge is 0.398 e. The van der Waals surface area contributed by atoms with Crippen LogP contribution in [0, 0.1) is 6.92 Å². The second-order valence-electron chi connectivity index (χ2n) is 4.52. The highest BCUT2D eigenvalue weighted by atomic mass is 16.2. The van der Waals surface area contributed by atoms with Gasteiger partial charge in [0.1, 0.15) is 5.69 Å². The molecule has 2 aromatic rings. The summed E-state index contributed by atoms with van der Waals surface area (Å²) in [6.07, 6.45) is 0.876. The van der Waals surface area contributed by atoms with E-state index in [-0.39, 0.29) is 5.91 Å². The summed E-state index contributed by atoms with van der Waals surface area (Å²) < 4.78 is 1.56. The number of rotatable bonds is 3. The summed E-state index contributed by atoms with van der Waals surface area (Å²) in [5.74, 6) is -0.188. The third kappa shape index (κ3) is 2.76. The van der Waals surface area contributed by atoms with Crippen molar-refractivity contribution < 1.29 is 4.79 Å². The minimum absolute atomic E-state index is 0.188. The lowest BCUT2D eigenvalue weighted by Gasteiger charge is -2.08. The van der Waals surface area contributed by atoms with Crippen molar-refractivity contribution in [3.05, 3.63) is 41.2 Å². The highest BCUT2D eigenvalue weighted by Gasteiger charge is 2.12. The Morgan fingerprint density at radius 2 is 2.16 bits per heavy atom. The standard InChI is InChI=1S/C14H18N4O/c1-4-10-5-6-11(8-12(10)15)16-14(19)13-7-9(2)17-18(13)3/h5-8H,4,15H2,1-3H3,(H,16,19). The minimum Gasteiger partial charge on any atom is -0.398 e. The minimum atomic E-state index is -0.188. The van der Waals surface area contributed by atoms with Gasteiger partial charge in [0.15, 0.2) is 0 Å². The summed E-state index contributed by atoms with van der Waals surface area (Å²) in [6, 6.07) is 7.31. The molecule has 0 fully saturated rings. The second-order valence-corrected chi connectivity index (χ2v) is 4.52. The second kappa shape index (κ2) is 5.14. The van der Waals surface area contributed by atoms with Gasteiger partial charge in [-0.1, -0.05) is 13.0 Å². The normalized spacial score (nSPS) is 10.5. The van der Waals surface area contributed by atoms with E-state index >= 15 is 0 Å². The number of hydrogen-bond acceptors (Lipinski definition) is 3. The van der Waals surface area contributed by atoms with Gasteiger partial charge in [0.25, 0.3) is 5.91 Å². The highest BCUT2D eigenvalue weighted by Crippen LogP contribution is 2.19. The fourth-order valence-corrected chi connectivity index (χ4v) is 2.01. The summed E-state index contributed by atoms with van der Waals surface area (Å²) in [4.78, 5) is 12.1. The van der Waals surface area contributed by atoms with Crippen molar-refractivity contribution in [2.75, 3.05) is 11.1 Å². The SMILES string of the molecule is CCc1ccc(NC(=O)c2cc(C)nn2C)cc1N. The van der Waals surface area contributed by atoms with E-state index < -0.39 is 0 Å². The average Bonchev–Trinajstić information content (AvgIpc) is 2.69. The molecule has 1 aromatic heterocycles. The number of hydrogen-bond donors (Lipinski definition) is 2. The van der Waals surface area contributed by atoms with E-state index in [9.17, 15) is 4.79 Å². The van der Waals surface area contributed by atoms with E-state index in [2.05, 4.69) is 10.4 Å². The topological polar surface area (TPSA) is 72.9 Å². The molecule has 0 aliphatic heterocycles. The van der Waals surface area contributed by atoms with Gasteiger partial charge in [0, 0.05) is 18.4 Å². The zero-order valence-corrected chi connectivity index (χ0v) is 11.4. The van der Waals surface area contributed by atoms with Crippen LogP contribution in [0.15, 0.2) is 24.3 Å². The maximum atomic E-state index is 12.1. The Bertz CT molecular complexity index is 616. The Balaban J connectivity index is 2.19. The smallest absolute Gasteiger partial charge is 0.273 e. The molecule has 0 aliphatic carbocycles. The predicted molar refractivity (Wildman–Crippen MR) is 76.1 cm³/mol. The highest BCUT2D eigenvalue weighted by molar-refractivity contribution is 6.03. The maximum absolute atomic E-state index is 12.1. The van der Waals surface area contributed by atoms with Gasteiger partial charge in [-0.05, 0) is 37.1 Å². The van der Waals surface area contributed by atoms with E-state index in [1.807, 2.05) is 26.0 Å². The Morgan fingerprint density at radius 1 is 1.42 bits per heavy atom. The van der Waals surface area contributed by atoms with Crippen LogP contribution in [0.4, 0.5) is 11.4 Å². The molecule has 0 saturated carbocycles. The predicted octanol–water partition coefficient (Wildman–Crippen LogP) is 2.13. The molecule has 1 amide bonds. The van der Waals surface area contributed by atoms with Crippen LogP contribution in [-0.4, -0.2) is 15.7 Å². The van der Waals surface area contributed by atoms with Crippen molar-refractivity contribution >= 4 is 17.3 Å². The molecule has 0 radical (unpaired) electrons. The summed E-state index contributed by atoms with van der Waals surface area (Å²) >= 11 is 0. The number of carbonyl (C=O) groups excluding carboxylic acids is 1. The van der Waals surface area contributed by atoms with Crippen LogP contribution < -0.4 is 11.1 Å². The Kier molecular flexibility index (Phi) is 3.55. The van der Waals surface area contributed by atoms with E-state index in [1.165, 1.54) is 0 Å². The van der Waals surface area contributed by atoms with Gasteiger partial charge >= 0.3 is 0 Å². The molecule has 0 unspecified atom stereocenters. The zero-order chi connectivity index (χ0) is 14.0. The van der Waals surface area contributed by atoms with E-state index in [4.69, 9.17) is 5.73 Å². The molecule has 0 spiro atoms. The monoisotopic (exact) mass is 258 g/mol. The van der Waals surface area contributed by atoms with Gasteiger partial charge in [0.2, 0.25) is 0 Å². The number of anilines is 2. The van der Waals surface area contributed by atoms with E-state index in [1.54, 1.807) is 23.9 Å². The van der Waals surface area contributed by atoms with Crippen LogP contribution in [0.1, 0.15) is 28.7 Å². The molecule has 19 heavy (non-hydrogen) atoms. The van der Waals surface area contributed by atoms with Gasteiger partial charge in [0.05, 0.1) is 5.69 Å². The summed E-state index contributed by atoms with van der Waals surface area (Å²) in [5, 5.41) is 6.97. The van der Waals surface area contributed by atoms with Crippen molar-refractivity contribution in [1.82, 2.24) is 9.78 Å². The first-order valence-electron chi connectivity index (χ1n) is 6.21. The van der Waals surface area contributed by atoms with Crippen LogP contribution in [0.25, 0.3) is 0 Å². The molecule has 1 aromatic carbocycles. The van der Waals surface area contributed by atoms with Gasteiger partial charge in [-0.3, -0.25) is 9.48 Å². The number of aromatic nitrogens is 2. The van der Waals surface area contributed by atoms with Crippen molar-refractivity contribution in [1.29, 1.82) is 0 Å². The average molecular weight is 258 g/mol. The van der Waals surface area contributed by atoms with E-state index in [0.29, 0.717) is 17.1 Å². The van der Waals surface area contributed by atoms with Crippen LogP contribution in [0.3, 0.4) is 0 Å². The van der Waals surface area contributed by atoms with Crippen LogP contribution in [0.2, 0.25) is 0 Å². The number of carbonyl (C=O) groups is 1. The molecule has 2 rings (SSSR count). The molecule has 1 heterocycles. The molecular formula is C14H18N4O. The zero-order valence-electron chi connectivity index (χ0n) is 11.4. The van der Waals surface area contributed by atoms with E-state index in [0.717, 1.165) is 17.7 Å². The molecule has 0 atom stereocenters. The molecule has 0 bridgehead atoms. The van der Waals surface area contributed by atoms with Crippen LogP contribution >= 0.6 is 0 Å². The third-order valence-corrected chi connectivity index (χ3v) is 3.02. The summed E-state index contributed by atoms with van der Waals surface area (Å²) in [7, 11) is 1.75. The van der Waals surface area contributed by atoms with Gasteiger partial charge in [-0.15, -0.1) is 0 Å². The van der Waals surface area contributed by atoms with Crippen LogP contribution in [0.5, 0.6) is 0 Å². The van der Waals surface area contributed by atoms with Crippen molar-refractivity contribution in [2.24, 2.45) is 7.05 Å². The van der Waals surface area contributed by atoms with Gasteiger partial charge in [-0.2, -0.15) is 5.10 Å². The first-order valence-corrected chi connectivity index (χ1v) is 6.21. The number of nitrogens with one attached hydrogen (secondary N) is 1. The molecule has 5 nitrogen and oxygen atoms in total. The van der Waals surface area contributed by atoms with Gasteiger partial charge in [-0.25, -0.2) is 0 Å². The van der Waals surface area contributed by atoms with Crippen molar-refractivity contribution in [3.8, 4) is 0 Å².